The van der Waals surface area contributed by atoms with Crippen LogP contribution in [-0.2, 0) is 41.7 Å². The first-order valence-corrected chi connectivity index (χ1v) is 26.9. The zero-order valence-corrected chi connectivity index (χ0v) is 43.0. The second-order valence-corrected chi connectivity index (χ2v) is 20.4. The lowest BCUT2D eigenvalue weighted by Crippen LogP contribution is -2.71. The van der Waals surface area contributed by atoms with Crippen LogP contribution in [0.3, 0.4) is 0 Å². The first kappa shape index (κ1) is 50.2. The summed E-state index contributed by atoms with van der Waals surface area (Å²) in [5.41, 5.74) is 3.71. The van der Waals surface area contributed by atoms with Crippen molar-refractivity contribution >= 4 is 63.5 Å². The molecule has 2 N–H and O–H groups in total. The second-order valence-electron chi connectivity index (χ2n) is 17.4. The molecule has 0 aliphatic carbocycles. The Kier molecular flexibility index (Phi) is 15.3. The number of anilines is 1. The van der Waals surface area contributed by atoms with Gasteiger partial charge in [0.2, 0.25) is 5.60 Å². The largest absolute Gasteiger partial charge is 0.497 e. The minimum absolute atomic E-state index is 0.0384. The lowest BCUT2D eigenvalue weighted by atomic mass is 9.77. The lowest BCUT2D eigenvalue weighted by molar-refractivity contribution is -0.153. The molecule has 7 aromatic carbocycles. The molecule has 1 fully saturated rings. The number of amides is 2. The van der Waals surface area contributed by atoms with Gasteiger partial charge in [0.1, 0.15) is 40.7 Å². The van der Waals surface area contributed by atoms with Gasteiger partial charge in [0.25, 0.3) is 11.8 Å². The zero-order chi connectivity index (χ0) is 51.6. The summed E-state index contributed by atoms with van der Waals surface area (Å²) in [7, 11) is 1.58. The molecule has 0 radical (unpaired) electrons. The molecule has 2 atom stereocenters. The number of aromatic nitrogens is 1. The van der Waals surface area contributed by atoms with E-state index in [1.54, 1.807) is 36.8 Å². The first-order valence-electron chi connectivity index (χ1n) is 24.0. The van der Waals surface area contributed by atoms with Crippen molar-refractivity contribution in [1.82, 2.24) is 15.2 Å². The normalized spacial score (nSPS) is 15.4. The number of esters is 1. The average Bonchev–Trinajstić information content (AvgIpc) is 3.96. The maximum atomic E-state index is 15.3. The monoisotopic (exact) mass is 1040 g/mol. The molecule has 8 aromatic rings. The average molecular weight is 1040 g/mol. The third kappa shape index (κ3) is 10.2. The molecular formula is C61H49N5O6S3. The van der Waals surface area contributed by atoms with Gasteiger partial charge in [0.15, 0.2) is 10.8 Å². The summed E-state index contributed by atoms with van der Waals surface area (Å²) in [6, 6.07) is 65.6. The topological polar surface area (TPSA) is 131 Å². The number of β-lactam (4-membered cyclic amide) rings is 1. The van der Waals surface area contributed by atoms with Crippen molar-refractivity contribution in [2.24, 2.45) is 5.16 Å². The van der Waals surface area contributed by atoms with Gasteiger partial charge in [-0.3, -0.25) is 14.5 Å². The molecule has 0 bridgehead atoms. The van der Waals surface area contributed by atoms with E-state index in [9.17, 15) is 9.59 Å². The Morgan fingerprint density at radius 3 is 1.71 bits per heavy atom. The number of carbonyl (C=O) groups excluding carboxylic acids is 3. The number of rotatable bonds is 19. The van der Waals surface area contributed by atoms with Crippen LogP contribution in [-0.4, -0.2) is 63.4 Å². The highest BCUT2D eigenvalue weighted by Crippen LogP contribution is 2.45. The predicted octanol–water partition coefficient (Wildman–Crippen LogP) is 11.0. The van der Waals surface area contributed by atoms with E-state index >= 15 is 4.79 Å². The summed E-state index contributed by atoms with van der Waals surface area (Å²) in [5, 5.41) is 13.2. The van der Waals surface area contributed by atoms with Crippen molar-refractivity contribution in [2.45, 2.75) is 29.2 Å². The molecule has 75 heavy (non-hydrogen) atoms. The molecule has 0 unspecified atom stereocenters. The van der Waals surface area contributed by atoms with E-state index in [4.69, 9.17) is 30.9 Å². The number of fused-ring (bicyclic) bond motifs is 1. The summed E-state index contributed by atoms with van der Waals surface area (Å²) in [5.74, 6) is 2.02. The summed E-state index contributed by atoms with van der Waals surface area (Å²) in [6.45, 7) is -0.0384. The highest BCUT2D eigenvalue weighted by atomic mass is 32.2. The maximum Gasteiger partial charge on any atom is 0.356 e. The van der Waals surface area contributed by atoms with Gasteiger partial charge < -0.3 is 24.9 Å². The molecule has 2 amide bonds. The van der Waals surface area contributed by atoms with E-state index < -0.39 is 40.3 Å². The van der Waals surface area contributed by atoms with E-state index in [0.29, 0.717) is 21.5 Å². The van der Waals surface area contributed by atoms with Crippen molar-refractivity contribution in [3.63, 3.8) is 0 Å². The minimum Gasteiger partial charge on any atom is -0.497 e. The molecule has 0 saturated carbocycles. The van der Waals surface area contributed by atoms with Crippen LogP contribution in [0.1, 0.15) is 44.6 Å². The van der Waals surface area contributed by atoms with Gasteiger partial charge >= 0.3 is 5.97 Å². The number of methoxy groups -OCH3 is 1. The Labute approximate surface area is 448 Å². The Hall–Kier alpha value is -8.35. The molecule has 10 rings (SSSR count). The standard InChI is InChI=1S/C61H49N5O6S3/c1-3-38-73-51-41-74-57-53(56(68)66(57)54(51)58(69)71-39-42-34-36-49(70-2)37-35-42)63-55(67)52(65-72-61(46-28-16-7-17-29-46,47-30-18-8-19-31-47)48-32-20-9-21-33-48)50-40-75-59(62-50)64-60(43-22-10-4-11-23-43,44-24-12-5-13-25-44)45-26-14-6-15-27-45/h1,4-37,40,53,57H,38-39,41H2,2H3,(H,62,64)(H,63,67)/b65-52-/t53-,57-/m1/s1. The van der Waals surface area contributed by atoms with Crippen LogP contribution in [0.4, 0.5) is 5.13 Å². The number of oxime groups is 1. The molecule has 14 heteroatoms. The fourth-order valence-electron chi connectivity index (χ4n) is 9.35. The summed E-state index contributed by atoms with van der Waals surface area (Å²) in [6.07, 6.45) is 5.66. The van der Waals surface area contributed by atoms with Gasteiger partial charge in [-0.25, -0.2) is 9.78 Å². The summed E-state index contributed by atoms with van der Waals surface area (Å²) in [4.78, 5) is 57.9. The number of nitrogens with zero attached hydrogens (tertiary/aromatic N) is 3. The van der Waals surface area contributed by atoms with Gasteiger partial charge in [-0.15, -0.1) is 41.3 Å². The van der Waals surface area contributed by atoms with Crippen molar-refractivity contribution in [3.8, 4) is 18.1 Å². The quantitative estimate of drug-likeness (QED) is 0.0202. The fraction of sp³-hybridized carbons (Fsp3) is 0.131. The smallest absolute Gasteiger partial charge is 0.356 e. The minimum atomic E-state index is -1.36. The summed E-state index contributed by atoms with van der Waals surface area (Å²) >= 11 is 4.02. The van der Waals surface area contributed by atoms with Crippen molar-refractivity contribution in [2.75, 3.05) is 23.9 Å². The van der Waals surface area contributed by atoms with Crippen LogP contribution < -0.4 is 15.4 Å². The number of carbonyl (C=O) groups is 3. The van der Waals surface area contributed by atoms with Gasteiger partial charge in [-0.2, -0.15) is 0 Å². The maximum absolute atomic E-state index is 15.3. The number of hydrogen-bond donors (Lipinski definition) is 2. The van der Waals surface area contributed by atoms with Gasteiger partial charge in [0.05, 0.1) is 12.9 Å². The SMILES string of the molecule is C#CCSC1=C(C(=O)OCc2ccc(OC)cc2)N2C(=O)[C@@H](NC(=O)/C(=N\OC(c3ccccc3)(c3ccccc3)c3ccccc3)c3csc(NC(c4ccccc4)(c4ccccc4)c4ccccc4)n3)[C@H]2SC1. The number of hydrogen-bond acceptors (Lipinski definition) is 12. The van der Waals surface area contributed by atoms with Crippen LogP contribution >= 0.6 is 34.9 Å². The number of thiazole rings is 1. The van der Waals surface area contributed by atoms with Gasteiger partial charge in [-0.05, 0) is 34.4 Å². The molecular weight excluding hydrogens is 995 g/mol. The van der Waals surface area contributed by atoms with Crippen LogP contribution in [0.25, 0.3) is 0 Å². The summed E-state index contributed by atoms with van der Waals surface area (Å²) < 4.78 is 11.1. The fourth-order valence-corrected chi connectivity index (χ4v) is 12.4. The number of nitrogens with one attached hydrogen (secondary N) is 2. The van der Waals surface area contributed by atoms with E-state index in [0.717, 1.165) is 38.9 Å². The highest BCUT2D eigenvalue weighted by molar-refractivity contribution is 8.06. The predicted molar refractivity (Wildman–Crippen MR) is 298 cm³/mol. The van der Waals surface area contributed by atoms with Crippen LogP contribution in [0, 0.1) is 12.3 Å². The molecule has 1 aromatic heterocycles. The second kappa shape index (κ2) is 22.8. The van der Waals surface area contributed by atoms with E-state index in [-0.39, 0.29) is 29.5 Å². The van der Waals surface area contributed by atoms with Crippen LogP contribution in [0.5, 0.6) is 5.75 Å². The number of thioether (sulfide) groups is 2. The van der Waals surface area contributed by atoms with Gasteiger partial charge in [0, 0.05) is 32.7 Å². The van der Waals surface area contributed by atoms with E-state index in [2.05, 4.69) is 53.0 Å². The third-order valence-electron chi connectivity index (χ3n) is 13.0. The Balaban J connectivity index is 1.04. The molecule has 3 heterocycles. The number of ether oxygens (including phenoxy) is 2. The molecule has 11 nitrogen and oxygen atoms in total. The third-order valence-corrected chi connectivity index (χ3v) is 16.2. The van der Waals surface area contributed by atoms with Gasteiger partial charge in [-0.1, -0.05) is 205 Å². The number of benzene rings is 7. The molecule has 0 spiro atoms. The zero-order valence-electron chi connectivity index (χ0n) is 40.6. The first-order chi connectivity index (χ1) is 36.8. The van der Waals surface area contributed by atoms with Crippen LogP contribution in [0.2, 0.25) is 0 Å². The molecule has 1 saturated heterocycles. The van der Waals surface area contributed by atoms with Crippen molar-refractivity contribution in [1.29, 1.82) is 0 Å². The van der Waals surface area contributed by atoms with Crippen molar-refractivity contribution in [3.05, 3.63) is 267 Å². The Morgan fingerprint density at radius 2 is 1.23 bits per heavy atom. The van der Waals surface area contributed by atoms with E-state index in [1.807, 2.05) is 146 Å². The molecule has 372 valence electrons. The number of terminal acetylenes is 1. The Morgan fingerprint density at radius 1 is 0.733 bits per heavy atom. The molecule has 2 aliphatic rings. The van der Waals surface area contributed by atoms with Crippen molar-refractivity contribution < 1.29 is 28.7 Å². The highest BCUT2D eigenvalue weighted by Gasteiger charge is 2.55. The Bertz CT molecular complexity index is 3180. The van der Waals surface area contributed by atoms with Crippen LogP contribution in [0.15, 0.2) is 227 Å². The van der Waals surface area contributed by atoms with E-state index in [1.165, 1.54) is 39.8 Å². The lowest BCUT2D eigenvalue weighted by Gasteiger charge is -2.49. The molecule has 2 aliphatic heterocycles.